The highest BCUT2D eigenvalue weighted by Gasteiger charge is 2.41. The lowest BCUT2D eigenvalue weighted by atomic mass is 9.74. The van der Waals surface area contributed by atoms with Crippen LogP contribution in [0.1, 0.15) is 23.6 Å². The zero-order valence-electron chi connectivity index (χ0n) is 36.2. The maximum absolute atomic E-state index is 2.41. The van der Waals surface area contributed by atoms with Gasteiger partial charge in [-0.15, -0.1) is 0 Å². The molecule has 0 amide bonds. The average Bonchev–Trinajstić information content (AvgIpc) is 3.65. The molecular formula is C64H45N. The third-order valence-electron chi connectivity index (χ3n) is 13.8. The third kappa shape index (κ3) is 6.64. The summed E-state index contributed by atoms with van der Waals surface area (Å²) in [6.07, 6.45) is 0. The Hall–Kier alpha value is -8.26. The number of nitrogens with zero attached hydrogens (tertiary/aromatic N) is 1. The van der Waals surface area contributed by atoms with Crippen molar-refractivity contribution in [3.05, 3.63) is 271 Å². The molecule has 65 heavy (non-hydrogen) atoms. The first-order valence-electron chi connectivity index (χ1n) is 22.6. The molecule has 0 heterocycles. The second-order valence-corrected chi connectivity index (χ2v) is 17.4. The predicted molar refractivity (Wildman–Crippen MR) is 275 cm³/mol. The van der Waals surface area contributed by atoms with E-state index in [-0.39, 0.29) is 5.41 Å². The summed E-state index contributed by atoms with van der Waals surface area (Å²) in [6, 6.07) is 93.5. The van der Waals surface area contributed by atoms with Crippen molar-refractivity contribution in [3.63, 3.8) is 0 Å². The van der Waals surface area contributed by atoms with Crippen LogP contribution in [0.25, 0.3) is 77.2 Å². The summed E-state index contributed by atoms with van der Waals surface area (Å²) in [6.45, 7) is 2.39. The molecule has 11 aromatic carbocycles. The monoisotopic (exact) mass is 827 g/mol. The second kappa shape index (κ2) is 15.8. The van der Waals surface area contributed by atoms with Gasteiger partial charge in [0.1, 0.15) is 0 Å². The largest absolute Gasteiger partial charge is 0.310 e. The number of para-hydroxylation sites is 1. The molecule has 306 valence electrons. The Morgan fingerprint density at radius 2 is 0.723 bits per heavy atom. The topological polar surface area (TPSA) is 3.24 Å². The van der Waals surface area contributed by atoms with Crippen molar-refractivity contribution in [2.45, 2.75) is 12.3 Å². The summed E-state index contributed by atoms with van der Waals surface area (Å²) in [5, 5.41) is 5.00. The van der Waals surface area contributed by atoms with Gasteiger partial charge in [0.05, 0.1) is 5.69 Å². The number of anilines is 3. The molecule has 1 nitrogen and oxygen atoms in total. The zero-order valence-corrected chi connectivity index (χ0v) is 36.2. The van der Waals surface area contributed by atoms with Crippen LogP contribution in [0.15, 0.2) is 255 Å². The Balaban J connectivity index is 0.957. The SMILES string of the molecule is CC1(c2ccccc2)c2ccccc2-c2c(-c3ccc(N(c4ccc(-c5ccc6ccccc6c5)cc4)c4ccccc4-c4ccc(-c5ccc6ccccc6c5)cc4)cc3)cccc21. The van der Waals surface area contributed by atoms with Gasteiger partial charge in [-0.05, 0) is 138 Å². The van der Waals surface area contributed by atoms with E-state index < -0.39 is 0 Å². The molecule has 1 aliphatic rings. The summed E-state index contributed by atoms with van der Waals surface area (Å²) in [4.78, 5) is 2.41. The fourth-order valence-electron chi connectivity index (χ4n) is 10.4. The minimum absolute atomic E-state index is 0.254. The quantitative estimate of drug-likeness (QED) is 0.147. The minimum atomic E-state index is -0.254. The molecule has 0 aliphatic heterocycles. The van der Waals surface area contributed by atoms with Crippen molar-refractivity contribution < 1.29 is 0 Å². The molecule has 0 saturated heterocycles. The van der Waals surface area contributed by atoms with Crippen molar-refractivity contribution in [3.8, 4) is 55.6 Å². The van der Waals surface area contributed by atoms with Gasteiger partial charge in [0, 0.05) is 22.4 Å². The third-order valence-corrected chi connectivity index (χ3v) is 13.8. The lowest BCUT2D eigenvalue weighted by molar-refractivity contribution is 0.714. The van der Waals surface area contributed by atoms with Crippen molar-refractivity contribution in [2.24, 2.45) is 0 Å². The molecule has 1 unspecified atom stereocenters. The molecule has 0 N–H and O–H groups in total. The van der Waals surface area contributed by atoms with E-state index in [4.69, 9.17) is 0 Å². The molecule has 0 radical (unpaired) electrons. The molecule has 0 saturated carbocycles. The molecule has 1 heteroatoms. The summed E-state index contributed by atoms with van der Waals surface area (Å²) >= 11 is 0. The molecule has 1 atom stereocenters. The molecule has 0 spiro atoms. The van der Waals surface area contributed by atoms with Gasteiger partial charge >= 0.3 is 0 Å². The first-order chi connectivity index (χ1) is 32.1. The van der Waals surface area contributed by atoms with E-state index in [1.807, 2.05) is 0 Å². The van der Waals surface area contributed by atoms with Crippen LogP contribution in [0.3, 0.4) is 0 Å². The van der Waals surface area contributed by atoms with Gasteiger partial charge in [0.25, 0.3) is 0 Å². The summed E-state index contributed by atoms with van der Waals surface area (Å²) in [5.41, 5.74) is 19.3. The highest BCUT2D eigenvalue weighted by molar-refractivity contribution is 5.96. The Kier molecular flexibility index (Phi) is 9.35. The fraction of sp³-hybridized carbons (Fsp3) is 0.0312. The molecule has 0 bridgehead atoms. The van der Waals surface area contributed by atoms with Crippen LogP contribution in [0.5, 0.6) is 0 Å². The Labute approximate surface area is 381 Å². The maximum atomic E-state index is 2.41. The van der Waals surface area contributed by atoms with Crippen molar-refractivity contribution in [2.75, 3.05) is 4.90 Å². The van der Waals surface area contributed by atoms with E-state index in [1.165, 1.54) is 88.3 Å². The van der Waals surface area contributed by atoms with E-state index >= 15 is 0 Å². The molecule has 0 fully saturated rings. The first-order valence-corrected chi connectivity index (χ1v) is 22.6. The number of hydrogen-bond acceptors (Lipinski definition) is 1. The average molecular weight is 828 g/mol. The Bertz CT molecular complexity index is 3530. The van der Waals surface area contributed by atoms with Crippen molar-refractivity contribution in [1.29, 1.82) is 0 Å². The minimum Gasteiger partial charge on any atom is -0.310 e. The number of fused-ring (bicyclic) bond motifs is 5. The van der Waals surface area contributed by atoms with Crippen LogP contribution in [0.4, 0.5) is 17.1 Å². The molecule has 12 rings (SSSR count). The van der Waals surface area contributed by atoms with Crippen molar-refractivity contribution >= 4 is 38.6 Å². The van der Waals surface area contributed by atoms with Crippen LogP contribution in [0, 0.1) is 0 Å². The number of benzene rings is 11. The van der Waals surface area contributed by atoms with Gasteiger partial charge in [0.15, 0.2) is 0 Å². The van der Waals surface area contributed by atoms with Crippen LogP contribution >= 0.6 is 0 Å². The van der Waals surface area contributed by atoms with Crippen molar-refractivity contribution in [1.82, 2.24) is 0 Å². The summed E-state index contributed by atoms with van der Waals surface area (Å²) in [5.74, 6) is 0. The van der Waals surface area contributed by atoms with Gasteiger partial charge in [-0.25, -0.2) is 0 Å². The lowest BCUT2D eigenvalue weighted by Crippen LogP contribution is -2.22. The summed E-state index contributed by atoms with van der Waals surface area (Å²) < 4.78 is 0. The molecular weight excluding hydrogens is 783 g/mol. The van der Waals surface area contributed by atoms with Crippen LogP contribution < -0.4 is 4.90 Å². The fourth-order valence-corrected chi connectivity index (χ4v) is 10.4. The molecule has 11 aromatic rings. The summed E-state index contributed by atoms with van der Waals surface area (Å²) in [7, 11) is 0. The van der Waals surface area contributed by atoms with Gasteiger partial charge in [0.2, 0.25) is 0 Å². The van der Waals surface area contributed by atoms with Gasteiger partial charge in [-0.1, -0.05) is 212 Å². The highest BCUT2D eigenvalue weighted by atomic mass is 15.1. The smallest absolute Gasteiger partial charge is 0.0540 e. The highest BCUT2D eigenvalue weighted by Crippen LogP contribution is 2.55. The van der Waals surface area contributed by atoms with Crippen LogP contribution in [0.2, 0.25) is 0 Å². The Morgan fingerprint density at radius 3 is 1.35 bits per heavy atom. The Morgan fingerprint density at radius 1 is 0.292 bits per heavy atom. The second-order valence-electron chi connectivity index (χ2n) is 17.4. The van der Waals surface area contributed by atoms with Crippen LogP contribution in [-0.2, 0) is 5.41 Å². The van der Waals surface area contributed by atoms with E-state index in [1.54, 1.807) is 0 Å². The molecule has 0 aromatic heterocycles. The van der Waals surface area contributed by atoms with E-state index in [0.29, 0.717) is 0 Å². The maximum Gasteiger partial charge on any atom is 0.0540 e. The number of hydrogen-bond donors (Lipinski definition) is 0. The predicted octanol–water partition coefficient (Wildman–Crippen LogP) is 17.5. The van der Waals surface area contributed by atoms with E-state index in [9.17, 15) is 0 Å². The lowest BCUT2D eigenvalue weighted by Gasteiger charge is -2.29. The van der Waals surface area contributed by atoms with Gasteiger partial charge in [-0.2, -0.15) is 0 Å². The zero-order chi connectivity index (χ0) is 43.3. The van der Waals surface area contributed by atoms with Gasteiger partial charge < -0.3 is 4.90 Å². The van der Waals surface area contributed by atoms with Crippen LogP contribution in [-0.4, -0.2) is 0 Å². The van der Waals surface area contributed by atoms with E-state index in [2.05, 4.69) is 267 Å². The molecule has 1 aliphatic carbocycles. The van der Waals surface area contributed by atoms with Gasteiger partial charge in [-0.3, -0.25) is 0 Å². The normalized spacial score (nSPS) is 14.0. The standard InChI is InChI=1S/C64H45N/c1-64(54-18-3-2-4-19-54)60-23-11-9-21-59(60)63-58(22-13-24-61(63)64)49-36-40-56(41-37-49)65(55-38-34-47(35-39-55)53-33-29-45-15-6-8-17-51(45)43-53)62-25-12-10-20-57(62)48-30-26-46(27-31-48)52-32-28-44-14-5-7-16-50(44)42-52/h2-43H,1H3. The van der Waals surface area contributed by atoms with E-state index in [0.717, 1.165) is 22.6 Å². The number of rotatable bonds is 8. The first kappa shape index (κ1) is 38.4.